The summed E-state index contributed by atoms with van der Waals surface area (Å²) in [4.78, 5) is 12.0. The number of rotatable bonds is 5. The molecule has 17 heavy (non-hydrogen) atoms. The van der Waals surface area contributed by atoms with Gasteiger partial charge in [-0.2, -0.15) is 5.10 Å². The molecule has 0 aliphatic carbocycles. The molecule has 0 aliphatic rings. The molecule has 0 aliphatic heterocycles. The van der Waals surface area contributed by atoms with Gasteiger partial charge in [-0.15, -0.1) is 12.4 Å². The largest absolute Gasteiger partial charge is 0.344 e. The van der Waals surface area contributed by atoms with Gasteiger partial charge in [0.1, 0.15) is 5.69 Å². The minimum Gasteiger partial charge on any atom is -0.344 e. The molecule has 6 heteroatoms. The lowest BCUT2D eigenvalue weighted by Gasteiger charge is -2.31. The van der Waals surface area contributed by atoms with Crippen molar-refractivity contribution in [1.29, 1.82) is 0 Å². The number of carbonyl (C=O) groups is 1. The van der Waals surface area contributed by atoms with Crippen LogP contribution in [-0.4, -0.2) is 27.8 Å². The van der Waals surface area contributed by atoms with E-state index in [-0.39, 0.29) is 23.9 Å². The first kappa shape index (κ1) is 15.9. The third-order valence-electron chi connectivity index (χ3n) is 3.18. The normalized spacial score (nSPS) is 10.8. The zero-order valence-electron chi connectivity index (χ0n) is 10.6. The molecule has 0 aromatic carbocycles. The van der Waals surface area contributed by atoms with E-state index in [1.54, 1.807) is 24.0 Å². The van der Waals surface area contributed by atoms with Crippen LogP contribution in [0.1, 0.15) is 37.2 Å². The van der Waals surface area contributed by atoms with Gasteiger partial charge in [0, 0.05) is 19.8 Å². The Bertz CT molecular complexity index is 352. The van der Waals surface area contributed by atoms with Gasteiger partial charge in [0.25, 0.3) is 5.91 Å². The molecule has 0 saturated carbocycles. The Morgan fingerprint density at radius 1 is 1.53 bits per heavy atom. The first-order valence-electron chi connectivity index (χ1n) is 5.59. The topological polar surface area (TPSA) is 72.9 Å². The average molecular weight is 261 g/mol. The fourth-order valence-corrected chi connectivity index (χ4v) is 1.67. The number of hydrogen-bond donors (Lipinski definition) is 2. The molecule has 3 N–H and O–H groups in total. The number of halogens is 1. The molecule has 0 unspecified atom stereocenters. The van der Waals surface area contributed by atoms with E-state index in [1.165, 1.54) is 0 Å². The van der Waals surface area contributed by atoms with Crippen LogP contribution in [0, 0.1) is 0 Å². The monoisotopic (exact) mass is 260 g/mol. The highest BCUT2D eigenvalue weighted by Crippen LogP contribution is 2.14. The zero-order chi connectivity index (χ0) is 12.2. The van der Waals surface area contributed by atoms with Gasteiger partial charge in [-0.1, -0.05) is 13.8 Å². The summed E-state index contributed by atoms with van der Waals surface area (Å²) >= 11 is 0. The molecule has 1 amide bonds. The summed E-state index contributed by atoms with van der Waals surface area (Å²) in [6.45, 7) is 4.50. The predicted octanol–water partition coefficient (Wildman–Crippen LogP) is 1.09. The van der Waals surface area contributed by atoms with Crippen molar-refractivity contribution in [2.75, 3.05) is 6.54 Å². The fourth-order valence-electron chi connectivity index (χ4n) is 1.67. The van der Waals surface area contributed by atoms with Crippen molar-refractivity contribution in [2.24, 2.45) is 12.8 Å². The lowest BCUT2D eigenvalue weighted by molar-refractivity contribution is 0.0885. The van der Waals surface area contributed by atoms with Crippen LogP contribution in [0.25, 0.3) is 0 Å². The number of nitrogens with two attached hydrogens (primary N) is 1. The summed E-state index contributed by atoms with van der Waals surface area (Å²) in [7, 11) is 1.75. The third-order valence-corrected chi connectivity index (χ3v) is 3.18. The van der Waals surface area contributed by atoms with Crippen LogP contribution in [0.3, 0.4) is 0 Å². The second-order valence-corrected chi connectivity index (χ2v) is 3.99. The van der Waals surface area contributed by atoms with Crippen LogP contribution >= 0.6 is 12.4 Å². The molecule has 0 radical (unpaired) electrons. The van der Waals surface area contributed by atoms with Gasteiger partial charge in [0.15, 0.2) is 0 Å². The maximum atomic E-state index is 12.0. The van der Waals surface area contributed by atoms with E-state index >= 15 is 0 Å². The second kappa shape index (κ2) is 6.61. The van der Waals surface area contributed by atoms with Crippen molar-refractivity contribution in [3.05, 3.63) is 18.0 Å². The van der Waals surface area contributed by atoms with Gasteiger partial charge in [-0.3, -0.25) is 9.48 Å². The van der Waals surface area contributed by atoms with Gasteiger partial charge < -0.3 is 11.1 Å². The van der Waals surface area contributed by atoms with Crippen molar-refractivity contribution in [3.63, 3.8) is 0 Å². The molecular formula is C11H21ClN4O. The number of aryl methyl sites for hydroxylation is 1. The molecule has 1 aromatic rings. The molecule has 0 fully saturated rings. The van der Waals surface area contributed by atoms with Crippen LogP contribution in [0.4, 0.5) is 0 Å². The molecular weight excluding hydrogens is 240 g/mol. The Kier molecular flexibility index (Phi) is 6.20. The SMILES string of the molecule is CCC(CC)(CN)NC(=O)c1ccnn1C.Cl. The quantitative estimate of drug-likeness (QED) is 0.832. The third kappa shape index (κ3) is 3.44. The van der Waals surface area contributed by atoms with E-state index < -0.39 is 0 Å². The minimum atomic E-state index is -0.304. The van der Waals surface area contributed by atoms with Crippen molar-refractivity contribution < 1.29 is 4.79 Å². The highest BCUT2D eigenvalue weighted by atomic mass is 35.5. The molecule has 1 aromatic heterocycles. The minimum absolute atomic E-state index is 0. The van der Waals surface area contributed by atoms with Gasteiger partial charge in [-0.25, -0.2) is 0 Å². The van der Waals surface area contributed by atoms with Crippen LogP contribution in [0.2, 0.25) is 0 Å². The van der Waals surface area contributed by atoms with E-state index in [4.69, 9.17) is 5.73 Å². The number of hydrogen-bond acceptors (Lipinski definition) is 3. The Morgan fingerprint density at radius 2 is 2.12 bits per heavy atom. The number of aromatic nitrogens is 2. The Hall–Kier alpha value is -1.07. The lowest BCUT2D eigenvalue weighted by Crippen LogP contribution is -2.53. The molecule has 1 heterocycles. The summed E-state index contributed by atoms with van der Waals surface area (Å²) in [5.74, 6) is -0.117. The van der Waals surface area contributed by atoms with Crippen LogP contribution < -0.4 is 11.1 Å². The molecule has 5 nitrogen and oxygen atoms in total. The summed E-state index contributed by atoms with van der Waals surface area (Å²) in [5, 5.41) is 6.97. The number of nitrogens with zero attached hydrogens (tertiary/aromatic N) is 2. The first-order valence-corrected chi connectivity index (χ1v) is 5.59. The van der Waals surface area contributed by atoms with E-state index in [1.807, 2.05) is 13.8 Å². The average Bonchev–Trinajstić information content (AvgIpc) is 2.72. The zero-order valence-corrected chi connectivity index (χ0v) is 11.4. The van der Waals surface area contributed by atoms with Gasteiger partial charge in [0.05, 0.1) is 5.54 Å². The fraction of sp³-hybridized carbons (Fsp3) is 0.636. The van der Waals surface area contributed by atoms with Crippen molar-refractivity contribution in [3.8, 4) is 0 Å². The van der Waals surface area contributed by atoms with Gasteiger partial charge >= 0.3 is 0 Å². The highest BCUT2D eigenvalue weighted by molar-refractivity contribution is 5.93. The van der Waals surface area contributed by atoms with Crippen LogP contribution in [0.15, 0.2) is 12.3 Å². The van der Waals surface area contributed by atoms with E-state index in [9.17, 15) is 4.79 Å². The van der Waals surface area contributed by atoms with Crippen molar-refractivity contribution in [1.82, 2.24) is 15.1 Å². The van der Waals surface area contributed by atoms with Crippen molar-refractivity contribution >= 4 is 18.3 Å². The lowest BCUT2D eigenvalue weighted by atomic mass is 9.93. The van der Waals surface area contributed by atoms with Gasteiger partial charge in [0.2, 0.25) is 0 Å². The summed E-state index contributed by atoms with van der Waals surface area (Å²) in [5.41, 5.74) is 5.98. The molecule has 98 valence electrons. The molecule has 0 saturated heterocycles. The van der Waals surface area contributed by atoms with Gasteiger partial charge in [-0.05, 0) is 18.9 Å². The Labute approximate surface area is 108 Å². The van der Waals surface area contributed by atoms with E-state index in [2.05, 4.69) is 10.4 Å². The molecule has 0 bridgehead atoms. The summed E-state index contributed by atoms with van der Waals surface area (Å²) in [6.07, 6.45) is 3.25. The maximum Gasteiger partial charge on any atom is 0.270 e. The van der Waals surface area contributed by atoms with Crippen LogP contribution in [0.5, 0.6) is 0 Å². The summed E-state index contributed by atoms with van der Waals surface area (Å²) < 4.78 is 1.56. The standard InChI is InChI=1S/C11H20N4O.ClH/c1-4-11(5-2,8-12)14-10(16)9-6-7-13-15(9)3;/h6-7H,4-5,8,12H2,1-3H3,(H,14,16);1H. The smallest absolute Gasteiger partial charge is 0.270 e. The second-order valence-electron chi connectivity index (χ2n) is 3.99. The van der Waals surface area contributed by atoms with E-state index in [0.29, 0.717) is 12.2 Å². The first-order chi connectivity index (χ1) is 7.58. The predicted molar refractivity (Wildman–Crippen MR) is 70.3 cm³/mol. The number of nitrogens with one attached hydrogen (secondary N) is 1. The molecule has 0 atom stereocenters. The number of amides is 1. The van der Waals surface area contributed by atoms with E-state index in [0.717, 1.165) is 12.8 Å². The molecule has 0 spiro atoms. The number of carbonyl (C=O) groups excluding carboxylic acids is 1. The Morgan fingerprint density at radius 3 is 2.47 bits per heavy atom. The maximum absolute atomic E-state index is 12.0. The molecule has 1 rings (SSSR count). The Balaban J connectivity index is 0.00000256. The highest BCUT2D eigenvalue weighted by Gasteiger charge is 2.27. The van der Waals surface area contributed by atoms with Crippen LogP contribution in [-0.2, 0) is 7.05 Å². The summed E-state index contributed by atoms with van der Waals surface area (Å²) in [6, 6.07) is 1.70. The van der Waals surface area contributed by atoms with Crippen molar-refractivity contribution in [2.45, 2.75) is 32.2 Å².